The SMILES string of the molecule is CC(C1CC1)N(C)C1CCC(N)(C(=O)O)C1. The van der Waals surface area contributed by atoms with Crippen LogP contribution in [0.4, 0.5) is 0 Å². The Kier molecular flexibility index (Phi) is 2.97. The topological polar surface area (TPSA) is 66.6 Å². The van der Waals surface area contributed by atoms with Crippen LogP contribution < -0.4 is 5.73 Å². The van der Waals surface area contributed by atoms with E-state index in [1.165, 1.54) is 12.8 Å². The van der Waals surface area contributed by atoms with Crippen LogP contribution in [0.3, 0.4) is 0 Å². The van der Waals surface area contributed by atoms with Crippen LogP contribution in [-0.4, -0.2) is 40.6 Å². The molecule has 0 radical (unpaired) electrons. The van der Waals surface area contributed by atoms with Gasteiger partial charge in [0.25, 0.3) is 0 Å². The third kappa shape index (κ3) is 2.09. The predicted molar refractivity (Wildman–Crippen MR) is 62.1 cm³/mol. The molecule has 0 aromatic rings. The molecule has 0 aromatic carbocycles. The van der Waals surface area contributed by atoms with Crippen LogP contribution in [-0.2, 0) is 4.79 Å². The van der Waals surface area contributed by atoms with Crippen molar-refractivity contribution in [1.82, 2.24) is 4.90 Å². The normalized spacial score (nSPS) is 36.6. The van der Waals surface area contributed by atoms with Gasteiger partial charge in [0.15, 0.2) is 0 Å². The number of hydrogen-bond acceptors (Lipinski definition) is 3. The van der Waals surface area contributed by atoms with Gasteiger partial charge in [-0.1, -0.05) is 0 Å². The Labute approximate surface area is 96.8 Å². The summed E-state index contributed by atoms with van der Waals surface area (Å²) in [4.78, 5) is 13.4. The lowest BCUT2D eigenvalue weighted by Crippen LogP contribution is -2.48. The molecule has 2 aliphatic carbocycles. The monoisotopic (exact) mass is 226 g/mol. The largest absolute Gasteiger partial charge is 0.480 e. The van der Waals surface area contributed by atoms with Gasteiger partial charge in [-0.3, -0.25) is 4.79 Å². The van der Waals surface area contributed by atoms with Crippen molar-refractivity contribution >= 4 is 5.97 Å². The first kappa shape index (κ1) is 11.9. The fourth-order valence-electron chi connectivity index (χ4n) is 2.83. The van der Waals surface area contributed by atoms with Gasteiger partial charge in [-0.2, -0.15) is 0 Å². The van der Waals surface area contributed by atoms with E-state index in [4.69, 9.17) is 10.8 Å². The van der Waals surface area contributed by atoms with Gasteiger partial charge in [-0.05, 0) is 52.0 Å². The summed E-state index contributed by atoms with van der Waals surface area (Å²) in [5.74, 6) is -0.0231. The molecule has 0 heterocycles. The molecule has 3 unspecified atom stereocenters. The third-order valence-corrected chi connectivity index (χ3v) is 4.47. The summed E-state index contributed by atoms with van der Waals surface area (Å²) in [5.41, 5.74) is 4.91. The highest BCUT2D eigenvalue weighted by atomic mass is 16.4. The van der Waals surface area contributed by atoms with Crippen LogP contribution >= 0.6 is 0 Å². The molecule has 4 nitrogen and oxygen atoms in total. The average Bonchev–Trinajstić information content (AvgIpc) is 3.00. The maximum Gasteiger partial charge on any atom is 0.323 e. The molecular formula is C12H22N2O2. The number of hydrogen-bond donors (Lipinski definition) is 2. The number of nitrogens with two attached hydrogens (primary N) is 1. The summed E-state index contributed by atoms with van der Waals surface area (Å²) < 4.78 is 0. The Balaban J connectivity index is 1.94. The van der Waals surface area contributed by atoms with E-state index >= 15 is 0 Å². The molecular weight excluding hydrogens is 204 g/mol. The molecule has 2 rings (SSSR count). The van der Waals surface area contributed by atoms with Gasteiger partial charge in [-0.25, -0.2) is 0 Å². The van der Waals surface area contributed by atoms with Crippen molar-refractivity contribution in [1.29, 1.82) is 0 Å². The number of carbonyl (C=O) groups is 1. The van der Waals surface area contributed by atoms with Crippen LogP contribution in [0.15, 0.2) is 0 Å². The van der Waals surface area contributed by atoms with Crippen molar-refractivity contribution in [2.24, 2.45) is 11.7 Å². The van der Waals surface area contributed by atoms with Crippen molar-refractivity contribution < 1.29 is 9.90 Å². The van der Waals surface area contributed by atoms with E-state index in [2.05, 4.69) is 18.9 Å². The van der Waals surface area contributed by atoms with Crippen LogP contribution in [0.25, 0.3) is 0 Å². The summed E-state index contributed by atoms with van der Waals surface area (Å²) in [6.07, 6.45) is 4.76. The molecule has 2 aliphatic rings. The Hall–Kier alpha value is -0.610. The van der Waals surface area contributed by atoms with E-state index < -0.39 is 11.5 Å². The first-order valence-corrected chi connectivity index (χ1v) is 6.18. The van der Waals surface area contributed by atoms with E-state index in [0.29, 0.717) is 24.9 Å². The van der Waals surface area contributed by atoms with Crippen LogP contribution in [0.2, 0.25) is 0 Å². The predicted octanol–water partition coefficient (Wildman–Crippen LogP) is 1.05. The van der Waals surface area contributed by atoms with Gasteiger partial charge in [-0.15, -0.1) is 0 Å². The van der Waals surface area contributed by atoms with E-state index in [1.807, 2.05) is 0 Å². The van der Waals surface area contributed by atoms with Crippen molar-refractivity contribution in [2.45, 2.75) is 56.7 Å². The van der Waals surface area contributed by atoms with Crippen molar-refractivity contribution in [3.05, 3.63) is 0 Å². The standard InChI is InChI=1S/C12H22N2O2/c1-8(9-3-4-9)14(2)10-5-6-12(13,7-10)11(15)16/h8-10H,3-7,13H2,1-2H3,(H,15,16). The zero-order valence-electron chi connectivity index (χ0n) is 10.1. The van der Waals surface area contributed by atoms with E-state index in [0.717, 1.165) is 12.3 Å². The summed E-state index contributed by atoms with van der Waals surface area (Å²) in [6, 6.07) is 0.915. The van der Waals surface area contributed by atoms with E-state index in [1.54, 1.807) is 0 Å². The molecule has 0 aliphatic heterocycles. The van der Waals surface area contributed by atoms with Crippen LogP contribution in [0.5, 0.6) is 0 Å². The first-order valence-electron chi connectivity index (χ1n) is 6.18. The second kappa shape index (κ2) is 4.00. The highest BCUT2D eigenvalue weighted by molar-refractivity contribution is 5.79. The molecule has 2 saturated carbocycles. The zero-order valence-corrected chi connectivity index (χ0v) is 10.1. The molecule has 0 bridgehead atoms. The summed E-state index contributed by atoms with van der Waals surface area (Å²) in [7, 11) is 2.11. The van der Waals surface area contributed by atoms with Gasteiger partial charge in [0.1, 0.15) is 5.54 Å². The van der Waals surface area contributed by atoms with Crippen molar-refractivity contribution in [3.8, 4) is 0 Å². The lowest BCUT2D eigenvalue weighted by atomic mass is 9.99. The highest BCUT2D eigenvalue weighted by Crippen LogP contribution is 2.38. The summed E-state index contributed by atoms with van der Waals surface area (Å²) in [5, 5.41) is 9.09. The van der Waals surface area contributed by atoms with Crippen LogP contribution in [0.1, 0.15) is 39.0 Å². The minimum atomic E-state index is -0.984. The van der Waals surface area contributed by atoms with E-state index in [9.17, 15) is 4.79 Å². The fraction of sp³-hybridized carbons (Fsp3) is 0.917. The maximum atomic E-state index is 11.1. The molecule has 2 fully saturated rings. The lowest BCUT2D eigenvalue weighted by molar-refractivity contribution is -0.143. The fourth-order valence-corrected chi connectivity index (χ4v) is 2.83. The van der Waals surface area contributed by atoms with Gasteiger partial charge >= 0.3 is 5.97 Å². The summed E-state index contributed by atoms with van der Waals surface area (Å²) >= 11 is 0. The molecule has 3 N–H and O–H groups in total. The molecule has 0 spiro atoms. The molecule has 0 amide bonds. The molecule has 92 valence electrons. The Morgan fingerprint density at radius 3 is 2.56 bits per heavy atom. The Bertz CT molecular complexity index is 291. The first-order chi connectivity index (χ1) is 7.44. The average molecular weight is 226 g/mol. The third-order valence-electron chi connectivity index (χ3n) is 4.47. The quantitative estimate of drug-likeness (QED) is 0.752. The molecule has 0 saturated heterocycles. The van der Waals surface area contributed by atoms with Gasteiger partial charge in [0.2, 0.25) is 0 Å². The number of rotatable bonds is 4. The Morgan fingerprint density at radius 2 is 2.12 bits per heavy atom. The number of carboxylic acids is 1. The molecule has 0 aromatic heterocycles. The number of carboxylic acid groups (broad SMARTS) is 1. The number of aliphatic carboxylic acids is 1. The lowest BCUT2D eigenvalue weighted by Gasteiger charge is -2.31. The molecule has 16 heavy (non-hydrogen) atoms. The second-order valence-corrected chi connectivity index (χ2v) is 5.60. The summed E-state index contributed by atoms with van der Waals surface area (Å²) in [6.45, 7) is 2.24. The highest BCUT2D eigenvalue weighted by Gasteiger charge is 2.45. The van der Waals surface area contributed by atoms with Gasteiger partial charge in [0, 0.05) is 12.1 Å². The molecule has 4 heteroatoms. The van der Waals surface area contributed by atoms with Crippen LogP contribution in [0, 0.1) is 5.92 Å². The van der Waals surface area contributed by atoms with E-state index in [-0.39, 0.29) is 0 Å². The Morgan fingerprint density at radius 1 is 1.50 bits per heavy atom. The van der Waals surface area contributed by atoms with Gasteiger partial charge in [0.05, 0.1) is 0 Å². The number of nitrogens with zero attached hydrogens (tertiary/aromatic N) is 1. The van der Waals surface area contributed by atoms with Gasteiger partial charge < -0.3 is 15.7 Å². The zero-order chi connectivity index (χ0) is 11.9. The maximum absolute atomic E-state index is 11.1. The molecule has 3 atom stereocenters. The van der Waals surface area contributed by atoms with Crippen molar-refractivity contribution in [3.63, 3.8) is 0 Å². The minimum absolute atomic E-state index is 0.344. The smallest absolute Gasteiger partial charge is 0.323 e. The van der Waals surface area contributed by atoms with Crippen molar-refractivity contribution in [2.75, 3.05) is 7.05 Å². The second-order valence-electron chi connectivity index (χ2n) is 5.60. The minimum Gasteiger partial charge on any atom is -0.480 e.